The van der Waals surface area contributed by atoms with Gasteiger partial charge in [0, 0.05) is 18.9 Å². The molecule has 1 aromatic heterocycles. The summed E-state index contributed by atoms with van der Waals surface area (Å²) in [4.78, 5) is 39.4. The third kappa shape index (κ3) is 5.55. The maximum absolute atomic E-state index is 15.3. The van der Waals surface area contributed by atoms with Crippen molar-refractivity contribution in [3.8, 4) is 0 Å². The van der Waals surface area contributed by atoms with E-state index < -0.39 is 54.1 Å². The number of nitrogens with zero attached hydrogens (tertiary/aromatic N) is 1. The zero-order chi connectivity index (χ0) is 25.0. The molecule has 34 heavy (non-hydrogen) atoms. The van der Waals surface area contributed by atoms with Crippen molar-refractivity contribution in [1.82, 2.24) is 9.55 Å². The molecule has 0 saturated carbocycles. The van der Waals surface area contributed by atoms with Crippen LogP contribution in [0.2, 0.25) is 0 Å². The molecule has 1 N–H and O–H groups in total. The summed E-state index contributed by atoms with van der Waals surface area (Å²) in [7, 11) is -2.04. The summed E-state index contributed by atoms with van der Waals surface area (Å²) >= 11 is 0. The molecule has 1 aromatic carbocycles. The molecule has 3 rings (SSSR count). The first kappa shape index (κ1) is 25.6. The largest absolute Gasteiger partial charge is 0.464 e. The van der Waals surface area contributed by atoms with Crippen molar-refractivity contribution in [2.24, 2.45) is 0 Å². The fourth-order valence-electron chi connectivity index (χ4n) is 3.30. The highest BCUT2D eigenvalue weighted by Crippen LogP contribution is 2.52. The molecule has 12 heteroatoms. The molecular formula is C22H26FN2O8P. The monoisotopic (exact) mass is 496 g/mol. The maximum Gasteiger partial charge on any atom is 0.338 e. The average molecular weight is 496 g/mol. The number of aromatic nitrogens is 2. The lowest BCUT2D eigenvalue weighted by Gasteiger charge is -2.23. The van der Waals surface area contributed by atoms with Crippen molar-refractivity contribution in [2.45, 2.75) is 25.4 Å². The molecule has 2 aromatic rings. The second kappa shape index (κ2) is 10.5. The normalized spacial score (nSPS) is 21.7. The van der Waals surface area contributed by atoms with Gasteiger partial charge in [-0.25, -0.2) is 9.59 Å². The summed E-state index contributed by atoms with van der Waals surface area (Å²) in [5.41, 5.74) is -2.17. The number of rotatable bonds is 8. The minimum Gasteiger partial charge on any atom is -0.464 e. The molecule has 184 valence electrons. The van der Waals surface area contributed by atoms with E-state index in [9.17, 15) is 18.9 Å². The highest BCUT2D eigenvalue weighted by molar-refractivity contribution is 7.66. The Balaban J connectivity index is 2.12. The molecule has 1 fully saturated rings. The molecule has 1 aliphatic heterocycles. The molecule has 1 saturated heterocycles. The van der Waals surface area contributed by atoms with E-state index in [0.29, 0.717) is 0 Å². The second-order valence-corrected chi connectivity index (χ2v) is 11.1. The number of ether oxygens (including phenoxy) is 4. The van der Waals surface area contributed by atoms with Crippen LogP contribution in [0.5, 0.6) is 0 Å². The van der Waals surface area contributed by atoms with Gasteiger partial charge in [0.2, 0.25) is 11.8 Å². The molecule has 0 unspecified atom stereocenters. The lowest BCUT2D eigenvalue weighted by atomic mass is 10.1. The van der Waals surface area contributed by atoms with Crippen LogP contribution in [0.4, 0.5) is 4.39 Å². The number of carbonyl (C=O) groups excluding carboxylic acids is 1. The number of benzene rings is 1. The molecule has 1 aliphatic rings. The van der Waals surface area contributed by atoms with Crippen LogP contribution in [0, 0.1) is 6.92 Å². The van der Waals surface area contributed by atoms with Gasteiger partial charge < -0.3 is 23.5 Å². The lowest BCUT2D eigenvalue weighted by Crippen LogP contribution is -2.41. The number of halogens is 1. The first-order chi connectivity index (χ1) is 16.0. The van der Waals surface area contributed by atoms with Gasteiger partial charge in [-0.1, -0.05) is 18.2 Å². The Hall–Kier alpha value is -3.01. The maximum atomic E-state index is 15.3. The van der Waals surface area contributed by atoms with Gasteiger partial charge in [-0.3, -0.25) is 14.3 Å². The molecule has 0 bridgehead atoms. The first-order valence-electron chi connectivity index (χ1n) is 10.3. The Morgan fingerprint density at radius 1 is 1.21 bits per heavy atom. The van der Waals surface area contributed by atoms with Crippen molar-refractivity contribution in [3.63, 3.8) is 0 Å². The minimum absolute atomic E-state index is 0.0116. The summed E-state index contributed by atoms with van der Waals surface area (Å²) < 4.78 is 51.0. The van der Waals surface area contributed by atoms with Crippen LogP contribution >= 0.6 is 7.14 Å². The summed E-state index contributed by atoms with van der Waals surface area (Å²) in [6.45, 7) is 3.99. The number of H-pyrrole nitrogens is 1. The smallest absolute Gasteiger partial charge is 0.338 e. The summed E-state index contributed by atoms with van der Waals surface area (Å²) in [5, 5.41) is 0. The topological polar surface area (TPSA) is 126 Å². The standard InChI is InChI=1S/C22H26FN2O8P/c1-13-12-25(22(28)24-19(13)26)20-17(31-11-10-30-2)15(16(32-20)18(23)34(3,4)29)33-21(27)14-8-6-5-7-9-14/h5-9,12,15,17,20H,10-11H2,1-4H3,(H,24,26,28)/b18-16-/t15-,17-,20-/m1/s1. The molecule has 0 radical (unpaired) electrons. The van der Waals surface area contributed by atoms with Gasteiger partial charge in [0.25, 0.3) is 5.56 Å². The number of aryl methyl sites for hydroxylation is 1. The van der Waals surface area contributed by atoms with Crippen LogP contribution in [-0.4, -0.2) is 61.4 Å². The molecular weight excluding hydrogens is 470 g/mol. The van der Waals surface area contributed by atoms with E-state index >= 15 is 4.39 Å². The van der Waals surface area contributed by atoms with Crippen LogP contribution in [0.3, 0.4) is 0 Å². The van der Waals surface area contributed by atoms with E-state index in [0.717, 1.165) is 4.57 Å². The molecule has 3 atom stereocenters. The first-order valence-corrected chi connectivity index (χ1v) is 12.9. The summed E-state index contributed by atoms with van der Waals surface area (Å²) in [5.74, 6) is -1.31. The third-order valence-corrected chi connectivity index (χ3v) is 6.19. The zero-order valence-corrected chi connectivity index (χ0v) is 20.0. The number of hydrogen-bond acceptors (Lipinski definition) is 8. The number of methoxy groups -OCH3 is 1. The predicted octanol–water partition coefficient (Wildman–Crippen LogP) is 2.39. The molecule has 10 nitrogen and oxygen atoms in total. The van der Waals surface area contributed by atoms with E-state index in [4.69, 9.17) is 18.9 Å². The Morgan fingerprint density at radius 3 is 2.50 bits per heavy atom. The fourth-order valence-corrected chi connectivity index (χ4v) is 4.01. The van der Waals surface area contributed by atoms with E-state index in [1.807, 2.05) is 0 Å². The van der Waals surface area contributed by atoms with Crippen molar-refractivity contribution in [1.29, 1.82) is 0 Å². The highest BCUT2D eigenvalue weighted by atomic mass is 31.2. The Labute approximate surface area is 194 Å². The van der Waals surface area contributed by atoms with E-state index in [1.165, 1.54) is 45.7 Å². The average Bonchev–Trinajstić information content (AvgIpc) is 3.13. The van der Waals surface area contributed by atoms with Crippen molar-refractivity contribution >= 4 is 13.1 Å². The lowest BCUT2D eigenvalue weighted by molar-refractivity contribution is -0.0802. The van der Waals surface area contributed by atoms with Gasteiger partial charge in [-0.05, 0) is 32.4 Å². The summed E-state index contributed by atoms with van der Waals surface area (Å²) in [6, 6.07) is 7.99. The Bertz CT molecular complexity index is 1230. The molecule has 2 heterocycles. The van der Waals surface area contributed by atoms with E-state index in [1.54, 1.807) is 18.2 Å². The van der Waals surface area contributed by atoms with Crippen LogP contribution in [0.1, 0.15) is 22.1 Å². The van der Waals surface area contributed by atoms with E-state index in [-0.39, 0.29) is 24.3 Å². The van der Waals surface area contributed by atoms with Gasteiger partial charge >= 0.3 is 11.7 Å². The Morgan fingerprint density at radius 2 is 1.88 bits per heavy atom. The van der Waals surface area contributed by atoms with Gasteiger partial charge in [-0.15, -0.1) is 0 Å². The minimum atomic E-state index is -3.49. The highest BCUT2D eigenvalue weighted by Gasteiger charge is 2.50. The quantitative estimate of drug-likeness (QED) is 0.336. The van der Waals surface area contributed by atoms with Crippen LogP contribution < -0.4 is 11.2 Å². The molecule has 0 aliphatic carbocycles. The number of hydrogen-bond donors (Lipinski definition) is 1. The zero-order valence-electron chi connectivity index (χ0n) is 19.1. The number of esters is 1. The predicted molar refractivity (Wildman–Crippen MR) is 121 cm³/mol. The number of carbonyl (C=O) groups is 1. The number of nitrogens with one attached hydrogen (secondary N) is 1. The van der Waals surface area contributed by atoms with Gasteiger partial charge in [0.05, 0.1) is 18.8 Å². The van der Waals surface area contributed by atoms with Crippen LogP contribution in [-0.2, 0) is 23.5 Å². The third-order valence-electron chi connectivity index (χ3n) is 5.02. The van der Waals surface area contributed by atoms with Gasteiger partial charge in [0.15, 0.2) is 18.0 Å². The van der Waals surface area contributed by atoms with Gasteiger partial charge in [-0.2, -0.15) is 4.39 Å². The number of aromatic amines is 1. The van der Waals surface area contributed by atoms with Crippen LogP contribution in [0.25, 0.3) is 0 Å². The second-order valence-electron chi connectivity index (χ2n) is 8.01. The SMILES string of the molecule is COCCO[C@@H]1[C@H](OC(=O)c2ccccc2)/C(=C(\F)P(C)(C)=O)O[C@H]1n1cc(C)c(=O)[nH]c1=O. The Kier molecular flexibility index (Phi) is 7.91. The molecule has 0 spiro atoms. The summed E-state index contributed by atoms with van der Waals surface area (Å²) in [6.07, 6.45) is -2.80. The van der Waals surface area contributed by atoms with Crippen molar-refractivity contribution in [2.75, 3.05) is 33.7 Å². The fraction of sp³-hybridized carbons (Fsp3) is 0.409. The molecule has 0 amide bonds. The van der Waals surface area contributed by atoms with Crippen LogP contribution in [0.15, 0.2) is 57.4 Å². The van der Waals surface area contributed by atoms with Crippen molar-refractivity contribution in [3.05, 3.63) is 79.8 Å². The van der Waals surface area contributed by atoms with Gasteiger partial charge in [0.1, 0.15) is 7.14 Å². The van der Waals surface area contributed by atoms with E-state index in [2.05, 4.69) is 4.98 Å². The van der Waals surface area contributed by atoms with Crippen molar-refractivity contribution < 1.29 is 32.7 Å².